The van der Waals surface area contributed by atoms with Gasteiger partial charge in [0.1, 0.15) is 11.5 Å². The first kappa shape index (κ1) is 23.3. The molecular weight excluding hydrogens is 400 g/mol. The molecule has 2 amide bonds. The Bertz CT molecular complexity index is 716. The quantitative estimate of drug-likeness (QED) is 0.510. The number of hydrogen-bond donors (Lipinski definition) is 2. The number of benzene rings is 1. The highest BCUT2D eigenvalue weighted by Gasteiger charge is 2.31. The van der Waals surface area contributed by atoms with E-state index in [2.05, 4.69) is 15.5 Å². The maximum Gasteiger partial charge on any atom is 0.237 e. The van der Waals surface area contributed by atoms with Crippen LogP contribution in [0, 0.1) is 0 Å². The molecule has 1 atom stereocenters. The van der Waals surface area contributed by atoms with Gasteiger partial charge in [-0.3, -0.25) is 19.4 Å². The lowest BCUT2D eigenvalue weighted by atomic mass is 10.1. The zero-order valence-corrected chi connectivity index (χ0v) is 18.5. The first-order chi connectivity index (χ1) is 15.1. The topological polar surface area (TPSA) is 92.4 Å². The highest BCUT2D eigenvalue weighted by molar-refractivity contribution is 5.88. The monoisotopic (exact) mass is 434 g/mol. The first-order valence-corrected chi connectivity index (χ1v) is 10.9. The lowest BCUT2D eigenvalue weighted by molar-refractivity contribution is -0.134. The molecule has 1 aromatic carbocycles. The van der Waals surface area contributed by atoms with Gasteiger partial charge in [0.2, 0.25) is 11.8 Å². The van der Waals surface area contributed by atoms with Gasteiger partial charge in [-0.25, -0.2) is 0 Å². The van der Waals surface area contributed by atoms with Crippen molar-refractivity contribution in [3.8, 4) is 11.5 Å². The van der Waals surface area contributed by atoms with E-state index in [-0.39, 0.29) is 18.2 Å². The molecule has 2 saturated heterocycles. The number of nitrogens with one attached hydrogen (secondary N) is 2. The molecule has 0 aromatic heterocycles. The average molecular weight is 435 g/mol. The summed E-state index contributed by atoms with van der Waals surface area (Å²) in [5, 5.41) is 5.85. The molecule has 9 nitrogen and oxygen atoms in total. The van der Waals surface area contributed by atoms with Gasteiger partial charge in [0.05, 0.1) is 39.9 Å². The summed E-state index contributed by atoms with van der Waals surface area (Å²) in [5.41, 5.74) is 0.974. The largest absolute Gasteiger partial charge is 0.497 e. The summed E-state index contributed by atoms with van der Waals surface area (Å²) < 4.78 is 16.0. The summed E-state index contributed by atoms with van der Waals surface area (Å²) in [4.78, 5) is 29.4. The van der Waals surface area contributed by atoms with E-state index in [4.69, 9.17) is 14.2 Å². The van der Waals surface area contributed by atoms with Crippen LogP contribution in [-0.2, 0) is 20.9 Å². The van der Waals surface area contributed by atoms with Crippen molar-refractivity contribution in [2.75, 3.05) is 66.7 Å². The van der Waals surface area contributed by atoms with Crippen molar-refractivity contribution in [2.24, 2.45) is 0 Å². The van der Waals surface area contributed by atoms with Gasteiger partial charge in [0.25, 0.3) is 0 Å². The van der Waals surface area contributed by atoms with Gasteiger partial charge < -0.3 is 24.8 Å². The number of morpholine rings is 1. The van der Waals surface area contributed by atoms with Crippen LogP contribution in [0.2, 0.25) is 0 Å². The van der Waals surface area contributed by atoms with Crippen molar-refractivity contribution in [3.63, 3.8) is 0 Å². The number of carbonyl (C=O) groups is 2. The summed E-state index contributed by atoms with van der Waals surface area (Å²) in [6.45, 7) is 6.78. The molecule has 0 aliphatic carbocycles. The second kappa shape index (κ2) is 11.9. The van der Waals surface area contributed by atoms with Crippen LogP contribution < -0.4 is 20.1 Å². The lowest BCUT2D eigenvalue weighted by Crippen LogP contribution is -2.56. The normalized spacial score (nSPS) is 20.2. The SMILES string of the molecule is COc1cc(CN2CCNC(=O)[C@H]2CC(=O)NCCCN2CCOCC2)cc(OC)c1. The third-order valence-electron chi connectivity index (χ3n) is 5.69. The number of carbonyl (C=O) groups excluding carboxylic acids is 2. The van der Waals surface area contributed by atoms with Crippen LogP contribution in [0.3, 0.4) is 0 Å². The van der Waals surface area contributed by atoms with Crippen LogP contribution in [0.15, 0.2) is 18.2 Å². The predicted molar refractivity (Wildman–Crippen MR) is 116 cm³/mol. The molecule has 0 unspecified atom stereocenters. The zero-order chi connectivity index (χ0) is 22.1. The summed E-state index contributed by atoms with van der Waals surface area (Å²) in [5.74, 6) is 1.19. The van der Waals surface area contributed by atoms with Crippen molar-refractivity contribution >= 4 is 11.8 Å². The second-order valence-corrected chi connectivity index (χ2v) is 7.86. The number of ether oxygens (including phenoxy) is 3. The summed E-state index contributed by atoms with van der Waals surface area (Å²) >= 11 is 0. The van der Waals surface area contributed by atoms with Crippen molar-refractivity contribution < 1.29 is 23.8 Å². The molecule has 2 aliphatic heterocycles. The van der Waals surface area contributed by atoms with Crippen LogP contribution in [0.4, 0.5) is 0 Å². The standard InChI is InChI=1S/C22H34N4O5/c1-29-18-12-17(13-19(14-18)30-2)16-26-7-5-24-22(28)20(26)15-21(27)23-4-3-6-25-8-10-31-11-9-25/h12-14,20H,3-11,15-16H2,1-2H3,(H,23,27)(H,24,28)/t20-/m1/s1. The molecule has 0 bridgehead atoms. The predicted octanol–water partition coefficient (Wildman–Crippen LogP) is 0.233. The minimum Gasteiger partial charge on any atom is -0.497 e. The molecule has 172 valence electrons. The average Bonchev–Trinajstić information content (AvgIpc) is 2.79. The van der Waals surface area contributed by atoms with Gasteiger partial charge in [-0.2, -0.15) is 0 Å². The Hall–Kier alpha value is -2.36. The van der Waals surface area contributed by atoms with E-state index in [0.717, 1.165) is 44.8 Å². The Balaban J connectivity index is 1.51. The van der Waals surface area contributed by atoms with E-state index >= 15 is 0 Å². The summed E-state index contributed by atoms with van der Waals surface area (Å²) in [6, 6.07) is 5.18. The van der Waals surface area contributed by atoms with Gasteiger partial charge in [0.15, 0.2) is 0 Å². The number of nitrogens with zero attached hydrogens (tertiary/aromatic N) is 2. The minimum absolute atomic E-state index is 0.0998. The number of methoxy groups -OCH3 is 2. The van der Waals surface area contributed by atoms with Crippen LogP contribution >= 0.6 is 0 Å². The second-order valence-electron chi connectivity index (χ2n) is 7.86. The maximum absolute atomic E-state index is 12.5. The lowest BCUT2D eigenvalue weighted by Gasteiger charge is -2.34. The maximum atomic E-state index is 12.5. The van der Waals surface area contributed by atoms with Gasteiger partial charge in [-0.15, -0.1) is 0 Å². The Kier molecular flexibility index (Phi) is 8.93. The molecule has 2 aliphatic rings. The number of piperazine rings is 1. The number of hydrogen-bond acceptors (Lipinski definition) is 7. The Morgan fingerprint density at radius 2 is 1.87 bits per heavy atom. The Labute approximate surface area is 184 Å². The van der Waals surface area contributed by atoms with Gasteiger partial charge >= 0.3 is 0 Å². The fraction of sp³-hybridized carbons (Fsp3) is 0.636. The van der Waals surface area contributed by atoms with Crippen molar-refractivity contribution in [1.82, 2.24) is 20.4 Å². The number of amides is 2. The smallest absolute Gasteiger partial charge is 0.237 e. The summed E-state index contributed by atoms with van der Waals surface area (Å²) in [6.07, 6.45) is 1.03. The van der Waals surface area contributed by atoms with Gasteiger partial charge in [-0.1, -0.05) is 0 Å². The molecular formula is C22H34N4O5. The Morgan fingerprint density at radius 3 is 2.55 bits per heavy atom. The van der Waals surface area contributed by atoms with E-state index in [1.165, 1.54) is 0 Å². The molecule has 2 heterocycles. The molecule has 2 N–H and O–H groups in total. The van der Waals surface area contributed by atoms with Gasteiger partial charge in [-0.05, 0) is 30.7 Å². The van der Waals surface area contributed by atoms with Crippen LogP contribution in [0.5, 0.6) is 11.5 Å². The highest BCUT2D eigenvalue weighted by atomic mass is 16.5. The fourth-order valence-corrected chi connectivity index (χ4v) is 3.97. The first-order valence-electron chi connectivity index (χ1n) is 10.9. The molecule has 0 spiro atoms. The molecule has 0 saturated carbocycles. The fourth-order valence-electron chi connectivity index (χ4n) is 3.97. The van der Waals surface area contributed by atoms with Gasteiger partial charge in [0, 0.05) is 45.3 Å². The van der Waals surface area contributed by atoms with Crippen LogP contribution in [-0.4, -0.2) is 94.4 Å². The van der Waals surface area contributed by atoms with E-state index in [1.54, 1.807) is 14.2 Å². The molecule has 9 heteroatoms. The summed E-state index contributed by atoms with van der Waals surface area (Å²) in [7, 11) is 3.22. The van der Waals surface area contributed by atoms with E-state index in [0.29, 0.717) is 37.7 Å². The van der Waals surface area contributed by atoms with Crippen LogP contribution in [0.25, 0.3) is 0 Å². The van der Waals surface area contributed by atoms with E-state index in [9.17, 15) is 9.59 Å². The van der Waals surface area contributed by atoms with Crippen molar-refractivity contribution in [2.45, 2.75) is 25.4 Å². The van der Waals surface area contributed by atoms with Crippen molar-refractivity contribution in [1.29, 1.82) is 0 Å². The zero-order valence-electron chi connectivity index (χ0n) is 18.5. The van der Waals surface area contributed by atoms with E-state index in [1.807, 2.05) is 23.1 Å². The molecule has 3 rings (SSSR count). The highest BCUT2D eigenvalue weighted by Crippen LogP contribution is 2.24. The Morgan fingerprint density at radius 1 is 1.16 bits per heavy atom. The number of rotatable bonds is 10. The molecule has 31 heavy (non-hydrogen) atoms. The van der Waals surface area contributed by atoms with Crippen molar-refractivity contribution in [3.05, 3.63) is 23.8 Å². The molecule has 1 aromatic rings. The van der Waals surface area contributed by atoms with E-state index < -0.39 is 6.04 Å². The molecule has 2 fully saturated rings. The molecule has 0 radical (unpaired) electrons. The van der Waals surface area contributed by atoms with Crippen LogP contribution in [0.1, 0.15) is 18.4 Å². The third-order valence-corrected chi connectivity index (χ3v) is 5.69. The minimum atomic E-state index is -0.495. The third kappa shape index (κ3) is 7.09.